The van der Waals surface area contributed by atoms with Gasteiger partial charge in [-0.25, -0.2) is 9.37 Å². The molecule has 0 amide bonds. The zero-order valence-electron chi connectivity index (χ0n) is 8.61. The first kappa shape index (κ1) is 12.6. The molecule has 1 N–H and O–H groups in total. The summed E-state index contributed by atoms with van der Waals surface area (Å²) in [7, 11) is 0. The number of halogens is 2. The number of aromatic amines is 1. The summed E-state index contributed by atoms with van der Waals surface area (Å²) in [6.07, 6.45) is 1.54. The minimum absolute atomic E-state index is 0.129. The van der Waals surface area contributed by atoms with Crippen LogP contribution in [0.4, 0.5) is 4.39 Å². The SMILES string of the molecule is O=c1[nH]c(CSc2ccc(F)cc2)ncc1I. The summed E-state index contributed by atoms with van der Waals surface area (Å²) in [5, 5.41) is 0. The van der Waals surface area contributed by atoms with Crippen LogP contribution in [0.1, 0.15) is 5.82 Å². The van der Waals surface area contributed by atoms with Crippen molar-refractivity contribution >= 4 is 34.4 Å². The van der Waals surface area contributed by atoms with Gasteiger partial charge in [-0.15, -0.1) is 11.8 Å². The van der Waals surface area contributed by atoms with Crippen LogP contribution in [0, 0.1) is 9.39 Å². The summed E-state index contributed by atoms with van der Waals surface area (Å²) in [5.41, 5.74) is -0.129. The molecule has 2 rings (SSSR count). The van der Waals surface area contributed by atoms with Crippen LogP contribution in [0.2, 0.25) is 0 Å². The van der Waals surface area contributed by atoms with E-state index in [9.17, 15) is 9.18 Å². The van der Waals surface area contributed by atoms with E-state index in [1.807, 2.05) is 22.6 Å². The van der Waals surface area contributed by atoms with Gasteiger partial charge < -0.3 is 4.98 Å². The van der Waals surface area contributed by atoms with Crippen LogP contribution in [-0.2, 0) is 5.75 Å². The van der Waals surface area contributed by atoms with Gasteiger partial charge in [0, 0.05) is 11.1 Å². The molecular weight excluding hydrogens is 354 g/mol. The number of benzene rings is 1. The summed E-state index contributed by atoms with van der Waals surface area (Å²) in [4.78, 5) is 19.1. The molecule has 1 aromatic heterocycles. The highest BCUT2D eigenvalue weighted by Crippen LogP contribution is 2.20. The fourth-order valence-electron chi connectivity index (χ4n) is 1.17. The maximum Gasteiger partial charge on any atom is 0.264 e. The number of nitrogens with zero attached hydrogens (tertiary/aromatic N) is 1. The van der Waals surface area contributed by atoms with Gasteiger partial charge in [0.1, 0.15) is 11.6 Å². The van der Waals surface area contributed by atoms with Crippen molar-refractivity contribution < 1.29 is 4.39 Å². The van der Waals surface area contributed by atoms with Gasteiger partial charge >= 0.3 is 0 Å². The third kappa shape index (κ3) is 3.53. The topological polar surface area (TPSA) is 45.8 Å². The van der Waals surface area contributed by atoms with Gasteiger partial charge in [0.15, 0.2) is 0 Å². The summed E-state index contributed by atoms with van der Waals surface area (Å²) >= 11 is 3.42. The number of nitrogens with one attached hydrogen (secondary N) is 1. The molecule has 0 unspecified atom stereocenters. The quantitative estimate of drug-likeness (QED) is 0.675. The number of hydrogen-bond donors (Lipinski definition) is 1. The number of H-pyrrole nitrogens is 1. The predicted molar refractivity (Wildman–Crippen MR) is 73.5 cm³/mol. The monoisotopic (exact) mass is 362 g/mol. The Bertz CT molecular complexity index is 570. The van der Waals surface area contributed by atoms with E-state index in [0.29, 0.717) is 15.1 Å². The molecule has 2 aromatic rings. The second kappa shape index (κ2) is 5.63. The zero-order chi connectivity index (χ0) is 12.3. The van der Waals surface area contributed by atoms with E-state index < -0.39 is 0 Å². The summed E-state index contributed by atoms with van der Waals surface area (Å²) in [5.74, 6) is 0.914. The lowest BCUT2D eigenvalue weighted by Gasteiger charge is -2.01. The molecule has 0 aliphatic rings. The fourth-order valence-corrected chi connectivity index (χ4v) is 2.22. The highest BCUT2D eigenvalue weighted by Gasteiger charge is 2.01. The molecule has 1 aromatic carbocycles. The lowest BCUT2D eigenvalue weighted by atomic mass is 10.4. The molecular formula is C11H8FIN2OS. The minimum Gasteiger partial charge on any atom is -0.309 e. The van der Waals surface area contributed by atoms with Crippen LogP contribution in [0.15, 0.2) is 40.2 Å². The predicted octanol–water partition coefficient (Wildman–Crippen LogP) is 2.81. The number of thioether (sulfide) groups is 1. The molecule has 0 spiro atoms. The van der Waals surface area contributed by atoms with Crippen molar-refractivity contribution in [3.05, 3.63) is 56.0 Å². The normalized spacial score (nSPS) is 10.5. The van der Waals surface area contributed by atoms with E-state index in [4.69, 9.17) is 0 Å². The van der Waals surface area contributed by atoms with Crippen molar-refractivity contribution in [2.45, 2.75) is 10.6 Å². The van der Waals surface area contributed by atoms with E-state index in [0.717, 1.165) is 4.90 Å². The first-order valence-electron chi connectivity index (χ1n) is 4.77. The third-order valence-corrected chi connectivity index (χ3v) is 3.79. The van der Waals surface area contributed by atoms with Crippen molar-refractivity contribution in [1.29, 1.82) is 0 Å². The average Bonchev–Trinajstić information content (AvgIpc) is 2.33. The molecule has 1 heterocycles. The smallest absolute Gasteiger partial charge is 0.264 e. The summed E-state index contributed by atoms with van der Waals surface area (Å²) in [6, 6.07) is 6.22. The molecule has 0 radical (unpaired) electrons. The molecule has 17 heavy (non-hydrogen) atoms. The van der Waals surface area contributed by atoms with Crippen LogP contribution in [0.3, 0.4) is 0 Å². The van der Waals surface area contributed by atoms with Crippen LogP contribution in [0.5, 0.6) is 0 Å². The molecule has 0 saturated heterocycles. The lowest BCUT2D eigenvalue weighted by molar-refractivity contribution is 0.626. The Hall–Kier alpha value is -0.890. The van der Waals surface area contributed by atoms with E-state index in [2.05, 4.69) is 9.97 Å². The fraction of sp³-hybridized carbons (Fsp3) is 0.0909. The highest BCUT2D eigenvalue weighted by molar-refractivity contribution is 14.1. The van der Waals surface area contributed by atoms with E-state index in [1.165, 1.54) is 23.9 Å². The molecule has 0 aliphatic heterocycles. The number of rotatable bonds is 3. The summed E-state index contributed by atoms with van der Waals surface area (Å²) < 4.78 is 13.2. The van der Waals surface area contributed by atoms with Crippen LogP contribution in [-0.4, -0.2) is 9.97 Å². The van der Waals surface area contributed by atoms with Crippen LogP contribution in [0.25, 0.3) is 0 Å². The first-order valence-corrected chi connectivity index (χ1v) is 6.83. The second-order valence-electron chi connectivity index (χ2n) is 3.25. The average molecular weight is 362 g/mol. The Kier molecular flexibility index (Phi) is 4.16. The molecule has 6 heteroatoms. The van der Waals surface area contributed by atoms with Crippen LogP contribution < -0.4 is 5.56 Å². The van der Waals surface area contributed by atoms with Gasteiger partial charge in [0.05, 0.1) is 9.32 Å². The molecule has 0 atom stereocenters. The third-order valence-electron chi connectivity index (χ3n) is 2.00. The second-order valence-corrected chi connectivity index (χ2v) is 5.46. The van der Waals surface area contributed by atoms with E-state index >= 15 is 0 Å². The highest BCUT2D eigenvalue weighted by atomic mass is 127. The van der Waals surface area contributed by atoms with E-state index in [-0.39, 0.29) is 11.4 Å². The zero-order valence-corrected chi connectivity index (χ0v) is 11.6. The van der Waals surface area contributed by atoms with Crippen molar-refractivity contribution in [2.24, 2.45) is 0 Å². The maximum atomic E-state index is 12.7. The van der Waals surface area contributed by atoms with Gasteiger partial charge in [-0.1, -0.05) is 0 Å². The molecule has 3 nitrogen and oxygen atoms in total. The Morgan fingerprint density at radius 2 is 2.06 bits per heavy atom. The lowest BCUT2D eigenvalue weighted by Crippen LogP contribution is -2.12. The van der Waals surface area contributed by atoms with Gasteiger partial charge in [0.2, 0.25) is 0 Å². The molecule has 0 fully saturated rings. The van der Waals surface area contributed by atoms with Crippen molar-refractivity contribution in [3.63, 3.8) is 0 Å². The van der Waals surface area contributed by atoms with Gasteiger partial charge in [-0.05, 0) is 46.9 Å². The largest absolute Gasteiger partial charge is 0.309 e. The summed E-state index contributed by atoms with van der Waals surface area (Å²) in [6.45, 7) is 0. The van der Waals surface area contributed by atoms with Crippen molar-refractivity contribution in [3.8, 4) is 0 Å². The van der Waals surface area contributed by atoms with Crippen molar-refractivity contribution in [2.75, 3.05) is 0 Å². The standard InChI is InChI=1S/C11H8FIN2OS/c12-7-1-3-8(4-2-7)17-6-10-14-5-9(13)11(16)15-10/h1-5H,6H2,(H,14,15,16). The Labute approximate surface area is 115 Å². The Morgan fingerprint density at radius 1 is 1.35 bits per heavy atom. The molecule has 0 aliphatic carbocycles. The maximum absolute atomic E-state index is 12.7. The molecule has 0 saturated carbocycles. The Balaban J connectivity index is 2.04. The number of hydrogen-bond acceptors (Lipinski definition) is 3. The minimum atomic E-state index is -0.254. The first-order chi connectivity index (χ1) is 8.15. The Morgan fingerprint density at radius 3 is 2.71 bits per heavy atom. The van der Waals surface area contributed by atoms with Gasteiger partial charge in [-0.3, -0.25) is 4.79 Å². The van der Waals surface area contributed by atoms with Gasteiger partial charge in [0.25, 0.3) is 5.56 Å². The van der Waals surface area contributed by atoms with Crippen molar-refractivity contribution in [1.82, 2.24) is 9.97 Å². The van der Waals surface area contributed by atoms with E-state index in [1.54, 1.807) is 18.3 Å². The molecule has 88 valence electrons. The van der Waals surface area contributed by atoms with Gasteiger partial charge in [-0.2, -0.15) is 0 Å². The number of aromatic nitrogens is 2. The molecule has 0 bridgehead atoms. The van der Waals surface area contributed by atoms with Crippen LogP contribution >= 0.6 is 34.4 Å².